The molecular weight excluding hydrogens is 705 g/mol. The number of phosphoric acid groups is 1. The molecule has 0 aromatic heterocycles. The number of unbranched alkanes of at least 4 members (excludes halogenated alkanes) is 8. The van der Waals surface area contributed by atoms with Gasteiger partial charge in [-0.1, -0.05) is 44.9 Å². The third kappa shape index (κ3) is 15.0. The number of ether oxygens (including phenoxy) is 3. The predicted octanol–water partition coefficient (Wildman–Crippen LogP) is 6.16. The minimum Gasteiger partial charge on any atom is -0.606 e. The van der Waals surface area contributed by atoms with E-state index in [4.69, 9.17) is 23.3 Å². The highest BCUT2D eigenvalue weighted by Gasteiger charge is 2.65. The predicted molar refractivity (Wildman–Crippen MR) is 164 cm³/mol. The fourth-order valence-electron chi connectivity index (χ4n) is 4.07. The number of rotatable bonds is 24. The van der Waals surface area contributed by atoms with Gasteiger partial charge in [-0.2, -0.15) is 27.1 Å². The molecule has 0 amide bonds. The van der Waals surface area contributed by atoms with Gasteiger partial charge in [-0.05, 0) is 53.6 Å². The summed E-state index contributed by atoms with van der Waals surface area (Å²) in [4.78, 5) is 21.8. The lowest BCUT2D eigenvalue weighted by molar-refractivity contribution is -0.870. The van der Waals surface area contributed by atoms with Crippen LogP contribution in [0.5, 0.6) is 5.75 Å². The van der Waals surface area contributed by atoms with Crippen molar-refractivity contribution in [1.29, 1.82) is 0 Å². The number of quaternary nitrogens is 1. The van der Waals surface area contributed by atoms with Gasteiger partial charge in [0.05, 0.1) is 34.4 Å². The number of alkyl halides is 3. The summed E-state index contributed by atoms with van der Waals surface area (Å²) in [6, 6.07) is 4.54. The molecule has 1 aliphatic rings. The molecule has 0 saturated heterocycles. The maximum Gasteiger partial charge on any atom is 0.442 e. The first kappa shape index (κ1) is 38.5. The fourth-order valence-corrected chi connectivity index (χ4v) is 5.67. The van der Waals surface area contributed by atoms with E-state index in [0.717, 1.165) is 51.4 Å². The van der Waals surface area contributed by atoms with Gasteiger partial charge in [-0.25, -0.2) is 0 Å². The van der Waals surface area contributed by atoms with Gasteiger partial charge in [0.1, 0.15) is 31.6 Å². The molecule has 15 heteroatoms. The quantitative estimate of drug-likeness (QED) is 0.0583. The topological polar surface area (TPSA) is 114 Å². The molecule has 0 fully saturated rings. The van der Waals surface area contributed by atoms with Gasteiger partial charge in [0.25, 0.3) is 0 Å². The Labute approximate surface area is 267 Å². The Morgan fingerprint density at radius 2 is 1.51 bits per heavy atom. The number of benzene rings is 1. The molecule has 0 saturated carbocycles. The molecule has 0 aliphatic carbocycles. The second-order valence-corrected chi connectivity index (χ2v) is 14.2. The molecule has 0 radical (unpaired) electrons. The molecule has 1 N–H and O–H groups in total. The summed E-state index contributed by atoms with van der Waals surface area (Å²) in [5, 5.41) is 6.52. The van der Waals surface area contributed by atoms with Crippen molar-refractivity contribution in [3.8, 4) is 5.75 Å². The summed E-state index contributed by atoms with van der Waals surface area (Å²) >= 11 is 1.87. The third-order valence-electron chi connectivity index (χ3n) is 6.79. The van der Waals surface area contributed by atoms with Crippen LogP contribution >= 0.6 is 30.8 Å². The lowest BCUT2D eigenvalue weighted by Gasteiger charge is -2.26. The van der Waals surface area contributed by atoms with E-state index in [9.17, 15) is 23.0 Å². The summed E-state index contributed by atoms with van der Waals surface area (Å²) in [6.07, 6.45) is 4.66. The highest BCUT2D eigenvalue weighted by Crippen LogP contribution is 2.53. The minimum atomic E-state index is -4.53. The van der Waals surface area contributed by atoms with Crippen LogP contribution in [0.4, 0.5) is 13.2 Å². The molecule has 0 spiro atoms. The van der Waals surface area contributed by atoms with Crippen LogP contribution in [0.3, 0.4) is 0 Å². The van der Waals surface area contributed by atoms with Gasteiger partial charge in [0.15, 0.2) is 0 Å². The fraction of sp³-hybridized carbons (Fsp3) is 0.786. The lowest BCUT2D eigenvalue weighted by Crippen LogP contribution is -2.38. The van der Waals surface area contributed by atoms with Gasteiger partial charge in [-0.15, -0.1) is 10.2 Å². The molecule has 248 valence electrons. The molecular formula is C28H47F3IN3O7P+. The monoisotopic (exact) mass is 752 g/mol. The molecule has 10 nitrogen and oxygen atoms in total. The molecule has 1 aromatic rings. The van der Waals surface area contributed by atoms with E-state index in [1.54, 1.807) is 12.1 Å². The summed E-state index contributed by atoms with van der Waals surface area (Å²) in [6.45, 7) is 1.99. The van der Waals surface area contributed by atoms with Crippen LogP contribution in [-0.2, 0) is 24.2 Å². The molecule has 43 heavy (non-hydrogen) atoms. The average Bonchev–Trinajstić information content (AvgIpc) is 3.72. The highest BCUT2D eigenvalue weighted by molar-refractivity contribution is 14.1. The van der Waals surface area contributed by atoms with Gasteiger partial charge >= 0.3 is 20.0 Å². The van der Waals surface area contributed by atoms with E-state index in [-0.39, 0.29) is 25.4 Å². The van der Waals surface area contributed by atoms with E-state index in [1.165, 1.54) is 19.6 Å². The van der Waals surface area contributed by atoms with E-state index in [2.05, 4.69) is 10.2 Å². The number of phosphoric ester groups is 1. The first-order valence-corrected chi connectivity index (χ1v) is 17.2. The molecule has 1 heterocycles. The minimum absolute atomic E-state index is 0.0378. The van der Waals surface area contributed by atoms with E-state index in [0.29, 0.717) is 33.6 Å². The largest absolute Gasteiger partial charge is 0.606 e. The van der Waals surface area contributed by atoms with E-state index >= 15 is 0 Å². The van der Waals surface area contributed by atoms with Crippen LogP contribution in [0, 0.1) is 3.57 Å². The zero-order chi connectivity index (χ0) is 32.0. The summed E-state index contributed by atoms with van der Waals surface area (Å²) in [7, 11) is 3.27. The molecule has 1 aliphatic heterocycles. The van der Waals surface area contributed by atoms with Crippen molar-refractivity contribution in [3.63, 3.8) is 0 Å². The van der Waals surface area contributed by atoms with Gasteiger partial charge in [-0.3, -0.25) is 0 Å². The number of likely N-dealkylation sites (N-methyl/N-ethyl adjacent to an activating group) is 1. The third-order valence-corrected chi connectivity index (χ3v) is 8.67. The van der Waals surface area contributed by atoms with E-state index < -0.39 is 26.1 Å². The molecule has 1 aromatic carbocycles. The molecule has 1 unspecified atom stereocenters. The standard InChI is InChI=1S/C28H46F3IN3O7P/c1-35(2,3)16-19-41-43(36,37)42-22-24(38-4)21-39-17-12-10-8-6-5-7-9-11-13-18-40-23-14-15-25(26(32)20-23)27(33-34-27)28(29,30)31/h14-15,20,24H,5-13,16-19,21-22H2,1-4H3/p+1/t24-/m1/s1. The Morgan fingerprint density at radius 3 is 2.02 bits per heavy atom. The lowest BCUT2D eigenvalue weighted by atomic mass is 10.0. The Balaban J connectivity index is 1.42. The smallest absolute Gasteiger partial charge is 0.442 e. The summed E-state index contributed by atoms with van der Waals surface area (Å²) < 4.78 is 67.4. The second-order valence-electron chi connectivity index (χ2n) is 11.6. The first-order valence-electron chi connectivity index (χ1n) is 14.7. The Morgan fingerprint density at radius 1 is 0.930 bits per heavy atom. The van der Waals surface area contributed by atoms with Crippen molar-refractivity contribution in [2.24, 2.45) is 10.2 Å². The molecule has 2 atom stereocenters. The number of hydrogen-bond acceptors (Lipinski definition) is 9. The van der Waals surface area contributed by atoms with Gasteiger partial charge in [0, 0.05) is 22.9 Å². The Hall–Kier alpha value is -0.710. The number of methoxy groups -OCH3 is 1. The number of halogens is 4. The van der Waals surface area contributed by atoms with Crippen molar-refractivity contribution in [3.05, 3.63) is 27.3 Å². The van der Waals surface area contributed by atoms with Crippen molar-refractivity contribution in [2.75, 3.05) is 67.8 Å². The normalized spacial score (nSPS) is 16.7. The molecule has 2 rings (SSSR count). The van der Waals surface area contributed by atoms with Crippen molar-refractivity contribution >= 4 is 30.8 Å². The summed E-state index contributed by atoms with van der Waals surface area (Å²) in [5.41, 5.74) is -2.37. The van der Waals surface area contributed by atoms with Gasteiger partial charge in [0.2, 0.25) is 0 Å². The van der Waals surface area contributed by atoms with Crippen molar-refractivity contribution < 1.29 is 50.7 Å². The number of nitrogens with zero attached hydrogens (tertiary/aromatic N) is 3. The maximum atomic E-state index is 13.2. The number of hydrogen-bond donors (Lipinski definition) is 1. The van der Waals surface area contributed by atoms with Crippen LogP contribution < -0.4 is 9.63 Å². The maximum absolute atomic E-state index is 13.2. The Kier molecular flexibility index (Phi) is 16.5. The second kappa shape index (κ2) is 18.4. The summed E-state index contributed by atoms with van der Waals surface area (Å²) in [5.74, 6) is 0.549. The SMILES string of the molecule is CO[C@H](COCCCCCCCCCCCOc1ccc(C2(C(F)(F)F)N=N2)c(I)c1)CO[P+]([O-])(O)OCC[N+](C)(C)C. The zero-order valence-corrected chi connectivity index (χ0v) is 28.7. The highest BCUT2D eigenvalue weighted by atomic mass is 127. The van der Waals surface area contributed by atoms with Crippen LogP contribution in [0.25, 0.3) is 0 Å². The first-order chi connectivity index (χ1) is 20.2. The van der Waals surface area contributed by atoms with Crippen LogP contribution in [-0.4, -0.2) is 89.5 Å². The Bertz CT molecular complexity index is 978. The van der Waals surface area contributed by atoms with Gasteiger partial charge < -0.3 is 23.6 Å². The van der Waals surface area contributed by atoms with Crippen LogP contribution in [0.1, 0.15) is 63.4 Å². The van der Waals surface area contributed by atoms with E-state index in [1.807, 2.05) is 43.7 Å². The average molecular weight is 753 g/mol. The van der Waals surface area contributed by atoms with Crippen molar-refractivity contribution in [2.45, 2.75) is 75.7 Å². The van der Waals surface area contributed by atoms with Crippen LogP contribution in [0.15, 0.2) is 28.4 Å². The zero-order valence-electron chi connectivity index (χ0n) is 25.6. The van der Waals surface area contributed by atoms with Crippen LogP contribution in [0.2, 0.25) is 0 Å². The molecule has 0 bridgehead atoms. The van der Waals surface area contributed by atoms with Crippen molar-refractivity contribution in [1.82, 2.24) is 0 Å².